The van der Waals surface area contributed by atoms with E-state index < -0.39 is 0 Å². The van der Waals surface area contributed by atoms with Crippen molar-refractivity contribution in [2.45, 2.75) is 20.8 Å². The predicted molar refractivity (Wildman–Crippen MR) is 127 cm³/mol. The molecule has 4 heteroatoms. The number of hydrogen-bond acceptors (Lipinski definition) is 0. The Morgan fingerprint density at radius 2 is 1.39 bits per heavy atom. The SMILES string of the molecule is Cc1ccc(C)c2[cH-]ccc12.Cc1ccccc1Pc1cc2ccccc2[cH-]1.[Cl-].[Cl-].[Ti+4]. The third kappa shape index (κ3) is 6.55. The molecular formula is C27H25Cl2PTi. The van der Waals surface area contributed by atoms with Gasteiger partial charge in [-0.1, -0.05) is 57.5 Å². The minimum Gasteiger partial charge on any atom is -1.00 e. The van der Waals surface area contributed by atoms with E-state index in [1.807, 2.05) is 0 Å². The molecule has 0 aliphatic heterocycles. The normalized spacial score (nSPS) is 10.2. The van der Waals surface area contributed by atoms with Crippen LogP contribution in [0.15, 0.2) is 91.0 Å². The van der Waals surface area contributed by atoms with Crippen molar-refractivity contribution >= 4 is 40.7 Å². The van der Waals surface area contributed by atoms with Gasteiger partial charge in [-0.25, -0.2) is 0 Å². The number of hydrogen-bond donors (Lipinski definition) is 0. The van der Waals surface area contributed by atoms with Gasteiger partial charge < -0.3 is 24.8 Å². The number of halogens is 2. The molecule has 156 valence electrons. The van der Waals surface area contributed by atoms with E-state index in [9.17, 15) is 0 Å². The van der Waals surface area contributed by atoms with Crippen molar-refractivity contribution in [3.05, 3.63) is 108 Å². The van der Waals surface area contributed by atoms with Crippen LogP contribution in [-0.4, -0.2) is 0 Å². The summed E-state index contributed by atoms with van der Waals surface area (Å²) in [6.45, 7) is 6.49. The van der Waals surface area contributed by atoms with E-state index in [0.29, 0.717) is 0 Å². The van der Waals surface area contributed by atoms with Crippen molar-refractivity contribution in [3.8, 4) is 0 Å². The van der Waals surface area contributed by atoms with E-state index in [1.54, 1.807) is 0 Å². The van der Waals surface area contributed by atoms with Gasteiger partial charge >= 0.3 is 21.7 Å². The van der Waals surface area contributed by atoms with Crippen molar-refractivity contribution in [3.63, 3.8) is 0 Å². The molecule has 0 saturated heterocycles. The molecule has 1 atom stereocenters. The van der Waals surface area contributed by atoms with Gasteiger partial charge in [0, 0.05) is 0 Å². The van der Waals surface area contributed by atoms with E-state index >= 15 is 0 Å². The molecule has 5 aromatic rings. The van der Waals surface area contributed by atoms with Crippen LogP contribution in [0.1, 0.15) is 16.7 Å². The van der Waals surface area contributed by atoms with Gasteiger partial charge in [0.05, 0.1) is 0 Å². The van der Waals surface area contributed by atoms with E-state index in [2.05, 4.69) is 112 Å². The zero-order chi connectivity index (χ0) is 19.5. The molecule has 0 bridgehead atoms. The molecule has 0 spiro atoms. The molecule has 0 nitrogen and oxygen atoms in total. The van der Waals surface area contributed by atoms with Gasteiger partial charge in [0.2, 0.25) is 0 Å². The Morgan fingerprint density at radius 1 is 0.710 bits per heavy atom. The van der Waals surface area contributed by atoms with Gasteiger partial charge in [-0.05, 0) is 24.7 Å². The summed E-state index contributed by atoms with van der Waals surface area (Å²) < 4.78 is 0. The summed E-state index contributed by atoms with van der Waals surface area (Å²) in [5.41, 5.74) is 4.13. The summed E-state index contributed by atoms with van der Waals surface area (Å²) in [4.78, 5) is 0. The van der Waals surface area contributed by atoms with Crippen LogP contribution in [0.5, 0.6) is 0 Å². The summed E-state index contributed by atoms with van der Waals surface area (Å²) in [5, 5.41) is 8.37. The molecule has 0 radical (unpaired) electrons. The fourth-order valence-electron chi connectivity index (χ4n) is 3.63. The van der Waals surface area contributed by atoms with Crippen LogP contribution >= 0.6 is 8.58 Å². The van der Waals surface area contributed by atoms with Crippen LogP contribution < -0.4 is 35.4 Å². The second-order valence-electron chi connectivity index (χ2n) is 7.37. The topological polar surface area (TPSA) is 0 Å². The zero-order valence-electron chi connectivity index (χ0n) is 17.9. The van der Waals surface area contributed by atoms with Gasteiger partial charge in [0.25, 0.3) is 0 Å². The first-order chi connectivity index (χ1) is 13.6. The van der Waals surface area contributed by atoms with Crippen LogP contribution in [0.4, 0.5) is 0 Å². The molecule has 0 heterocycles. The Hall–Kier alpha value is -1.40. The van der Waals surface area contributed by atoms with Gasteiger partial charge in [0.15, 0.2) is 0 Å². The average molecular weight is 499 g/mol. The monoisotopic (exact) mass is 498 g/mol. The standard InChI is InChI=1S/C16H14P.C11H11.2ClH.Ti/c1-12-6-2-5-9-16(12)17-15-10-13-7-3-4-8-14(13)11-15;1-8-6-7-9(2)11-5-3-4-10(8)11;;;/h2-11,17H,1H3;3-7H,1-2H3;2*1H;/q2*-1;;;+4/p-2. The van der Waals surface area contributed by atoms with E-state index in [1.165, 1.54) is 48.8 Å². The average Bonchev–Trinajstić information content (AvgIpc) is 3.34. The fraction of sp³-hybridized carbons (Fsp3) is 0.111. The maximum Gasteiger partial charge on any atom is 4.00 e. The summed E-state index contributed by atoms with van der Waals surface area (Å²) >= 11 is 0. The summed E-state index contributed by atoms with van der Waals surface area (Å²) in [7, 11) is 0.759. The van der Waals surface area contributed by atoms with Gasteiger partial charge in [0.1, 0.15) is 0 Å². The maximum atomic E-state index is 2.31. The first-order valence-electron chi connectivity index (χ1n) is 9.71. The maximum absolute atomic E-state index is 2.31. The summed E-state index contributed by atoms with van der Waals surface area (Å²) in [5.74, 6) is 0. The molecule has 0 aromatic heterocycles. The third-order valence-corrected chi connectivity index (χ3v) is 6.70. The Kier molecular flexibility index (Phi) is 11.2. The fourth-order valence-corrected chi connectivity index (χ4v) is 4.86. The molecule has 0 saturated carbocycles. The summed E-state index contributed by atoms with van der Waals surface area (Å²) in [6, 6.07) is 32.6. The molecule has 1 unspecified atom stereocenters. The van der Waals surface area contributed by atoms with Crippen molar-refractivity contribution in [1.82, 2.24) is 0 Å². The Labute approximate surface area is 214 Å². The van der Waals surface area contributed by atoms with Crippen molar-refractivity contribution in [2.75, 3.05) is 0 Å². The molecule has 0 aliphatic carbocycles. The molecule has 0 fully saturated rings. The number of fused-ring (bicyclic) bond motifs is 2. The quantitative estimate of drug-likeness (QED) is 0.191. The first kappa shape index (κ1) is 27.6. The van der Waals surface area contributed by atoms with E-state index in [4.69, 9.17) is 0 Å². The van der Waals surface area contributed by atoms with Crippen LogP contribution in [0.3, 0.4) is 0 Å². The van der Waals surface area contributed by atoms with Crippen LogP contribution in [0, 0.1) is 20.8 Å². The molecule has 0 amide bonds. The molecule has 0 aliphatic rings. The van der Waals surface area contributed by atoms with Crippen molar-refractivity contribution in [2.24, 2.45) is 0 Å². The summed E-state index contributed by atoms with van der Waals surface area (Å²) in [6.07, 6.45) is 0. The largest absolute Gasteiger partial charge is 4.00 e. The minimum atomic E-state index is 0. The molecular weight excluding hydrogens is 474 g/mol. The van der Waals surface area contributed by atoms with Crippen molar-refractivity contribution < 1.29 is 46.5 Å². The van der Waals surface area contributed by atoms with Crippen molar-refractivity contribution in [1.29, 1.82) is 0 Å². The second kappa shape index (κ2) is 12.6. The van der Waals surface area contributed by atoms with E-state index in [-0.39, 0.29) is 46.5 Å². The molecule has 31 heavy (non-hydrogen) atoms. The van der Waals surface area contributed by atoms with E-state index in [0.717, 1.165) is 8.58 Å². The smallest absolute Gasteiger partial charge is 1.00 e. The van der Waals surface area contributed by atoms with Crippen LogP contribution in [0.2, 0.25) is 0 Å². The zero-order valence-corrected chi connectivity index (χ0v) is 22.0. The van der Waals surface area contributed by atoms with Gasteiger partial charge in [-0.15, -0.1) is 68.8 Å². The van der Waals surface area contributed by atoms with Gasteiger partial charge in [-0.2, -0.15) is 18.2 Å². The molecule has 0 N–H and O–H groups in total. The molecule has 5 aromatic carbocycles. The predicted octanol–water partition coefficient (Wildman–Crippen LogP) is 0.677. The Balaban J connectivity index is 0.000000303. The Morgan fingerprint density at radius 3 is 2.10 bits per heavy atom. The third-order valence-electron chi connectivity index (χ3n) is 5.29. The number of benzene rings is 3. The Bertz CT molecular complexity index is 1170. The first-order valence-corrected chi connectivity index (χ1v) is 10.7. The van der Waals surface area contributed by atoms with Crippen LogP contribution in [0.25, 0.3) is 21.5 Å². The minimum absolute atomic E-state index is 0. The second-order valence-corrected chi connectivity index (χ2v) is 8.73. The number of aryl methyl sites for hydroxylation is 3. The number of rotatable bonds is 2. The van der Waals surface area contributed by atoms with Gasteiger partial charge in [-0.3, -0.25) is 0 Å². The molecule has 5 rings (SSSR count). The van der Waals surface area contributed by atoms with Crippen LogP contribution in [-0.2, 0) is 21.7 Å².